The molecule has 0 unspecified atom stereocenters. The maximum Gasteiger partial charge on any atom is 0.227 e. The summed E-state index contributed by atoms with van der Waals surface area (Å²) < 4.78 is 18.6. The molecule has 25 heavy (non-hydrogen) atoms. The standard InChI is InChI=1S/C19H27FN2O3/c1-4-14(5-2)19(24)22-10-8-21(9-11-22)18(23)13-15-12-16(20)6-7-17(15)25-3/h6-7,12,14H,4-5,8-11,13H2,1-3H3. The number of amides is 2. The first kappa shape index (κ1) is 19.2. The zero-order valence-corrected chi connectivity index (χ0v) is 15.3. The lowest BCUT2D eigenvalue weighted by molar-refractivity contribution is -0.142. The van der Waals surface area contributed by atoms with Gasteiger partial charge in [0.25, 0.3) is 0 Å². The summed E-state index contributed by atoms with van der Waals surface area (Å²) >= 11 is 0. The molecule has 1 saturated heterocycles. The molecule has 0 atom stereocenters. The van der Waals surface area contributed by atoms with Gasteiger partial charge >= 0.3 is 0 Å². The zero-order valence-electron chi connectivity index (χ0n) is 15.3. The second-order valence-corrected chi connectivity index (χ2v) is 6.35. The first-order chi connectivity index (χ1) is 12.0. The predicted octanol–water partition coefficient (Wildman–Crippen LogP) is 2.48. The van der Waals surface area contributed by atoms with E-state index < -0.39 is 0 Å². The number of halogens is 1. The minimum atomic E-state index is -0.385. The van der Waals surface area contributed by atoms with Crippen molar-refractivity contribution in [2.75, 3.05) is 33.3 Å². The van der Waals surface area contributed by atoms with Crippen LogP contribution in [0.25, 0.3) is 0 Å². The number of hydrogen-bond donors (Lipinski definition) is 0. The second kappa shape index (κ2) is 8.83. The first-order valence-electron chi connectivity index (χ1n) is 8.89. The molecule has 1 aromatic rings. The number of benzene rings is 1. The monoisotopic (exact) mass is 350 g/mol. The predicted molar refractivity (Wildman–Crippen MR) is 93.9 cm³/mol. The Hall–Kier alpha value is -2.11. The lowest BCUT2D eigenvalue weighted by Crippen LogP contribution is -2.52. The summed E-state index contributed by atoms with van der Waals surface area (Å²) in [5, 5.41) is 0. The molecule has 6 heteroatoms. The molecule has 0 bridgehead atoms. The molecule has 1 aliphatic heterocycles. The minimum Gasteiger partial charge on any atom is -0.496 e. The second-order valence-electron chi connectivity index (χ2n) is 6.35. The van der Waals surface area contributed by atoms with Crippen LogP contribution >= 0.6 is 0 Å². The highest BCUT2D eigenvalue weighted by atomic mass is 19.1. The fourth-order valence-corrected chi connectivity index (χ4v) is 3.23. The van der Waals surface area contributed by atoms with Crippen molar-refractivity contribution in [1.82, 2.24) is 9.80 Å². The van der Waals surface area contributed by atoms with Gasteiger partial charge in [0, 0.05) is 37.7 Å². The summed E-state index contributed by atoms with van der Waals surface area (Å²) in [6.07, 6.45) is 1.78. The van der Waals surface area contributed by atoms with E-state index in [4.69, 9.17) is 4.74 Å². The number of nitrogens with zero attached hydrogens (tertiary/aromatic N) is 2. The molecular formula is C19H27FN2O3. The van der Waals surface area contributed by atoms with Gasteiger partial charge in [-0.1, -0.05) is 13.8 Å². The van der Waals surface area contributed by atoms with Gasteiger partial charge in [0.05, 0.1) is 13.5 Å². The fourth-order valence-electron chi connectivity index (χ4n) is 3.23. The summed E-state index contributed by atoms with van der Waals surface area (Å²) in [6.45, 7) is 6.20. The van der Waals surface area contributed by atoms with Crippen LogP contribution < -0.4 is 4.74 Å². The smallest absolute Gasteiger partial charge is 0.227 e. The Balaban J connectivity index is 1.93. The van der Waals surface area contributed by atoms with E-state index in [9.17, 15) is 14.0 Å². The number of methoxy groups -OCH3 is 1. The summed E-state index contributed by atoms with van der Waals surface area (Å²) in [7, 11) is 1.50. The Bertz CT molecular complexity index is 609. The average Bonchev–Trinajstić information content (AvgIpc) is 2.63. The van der Waals surface area contributed by atoms with Crippen molar-refractivity contribution in [2.24, 2.45) is 5.92 Å². The molecule has 5 nitrogen and oxygen atoms in total. The summed E-state index contributed by atoms with van der Waals surface area (Å²) in [6, 6.07) is 4.18. The van der Waals surface area contributed by atoms with Crippen LogP contribution in [-0.2, 0) is 16.0 Å². The van der Waals surface area contributed by atoms with Crippen LogP contribution in [-0.4, -0.2) is 54.9 Å². The maximum absolute atomic E-state index is 13.4. The van der Waals surface area contributed by atoms with Crippen LogP contribution in [0, 0.1) is 11.7 Å². The van der Waals surface area contributed by atoms with Crippen LogP contribution in [0.5, 0.6) is 5.75 Å². The SMILES string of the molecule is CCC(CC)C(=O)N1CCN(C(=O)Cc2cc(F)ccc2OC)CC1. The molecule has 0 radical (unpaired) electrons. The van der Waals surface area contributed by atoms with E-state index >= 15 is 0 Å². The van der Waals surface area contributed by atoms with Gasteiger partial charge in [0.15, 0.2) is 0 Å². The van der Waals surface area contributed by atoms with Gasteiger partial charge in [-0.15, -0.1) is 0 Å². The van der Waals surface area contributed by atoms with Crippen molar-refractivity contribution < 1.29 is 18.7 Å². The van der Waals surface area contributed by atoms with Crippen molar-refractivity contribution in [3.63, 3.8) is 0 Å². The van der Waals surface area contributed by atoms with Gasteiger partial charge in [-0.3, -0.25) is 9.59 Å². The lowest BCUT2D eigenvalue weighted by atomic mass is 10.0. The molecule has 0 spiro atoms. The van der Waals surface area contributed by atoms with E-state index in [1.165, 1.54) is 25.3 Å². The minimum absolute atomic E-state index is 0.0683. The van der Waals surface area contributed by atoms with Crippen molar-refractivity contribution in [3.8, 4) is 5.75 Å². The largest absolute Gasteiger partial charge is 0.496 e. The van der Waals surface area contributed by atoms with E-state index in [-0.39, 0.29) is 30.0 Å². The van der Waals surface area contributed by atoms with Gasteiger partial charge in [-0.2, -0.15) is 0 Å². The Morgan fingerprint density at radius 1 is 1.12 bits per heavy atom. The Morgan fingerprint density at radius 2 is 1.72 bits per heavy atom. The molecule has 138 valence electrons. The molecule has 1 aliphatic rings. The number of rotatable bonds is 6. The van der Waals surface area contributed by atoms with E-state index in [0.29, 0.717) is 37.5 Å². The summed E-state index contributed by atoms with van der Waals surface area (Å²) in [4.78, 5) is 28.5. The molecule has 0 aromatic heterocycles. The highest BCUT2D eigenvalue weighted by molar-refractivity contribution is 5.81. The van der Waals surface area contributed by atoms with Crippen LogP contribution in [0.15, 0.2) is 18.2 Å². The van der Waals surface area contributed by atoms with Crippen LogP contribution in [0.3, 0.4) is 0 Å². The fraction of sp³-hybridized carbons (Fsp3) is 0.579. The van der Waals surface area contributed by atoms with E-state index in [1.54, 1.807) is 4.90 Å². The normalized spacial score (nSPS) is 14.8. The topological polar surface area (TPSA) is 49.9 Å². The quantitative estimate of drug-likeness (QED) is 0.792. The third-order valence-electron chi connectivity index (χ3n) is 4.86. The molecule has 0 saturated carbocycles. The highest BCUT2D eigenvalue weighted by Gasteiger charge is 2.27. The molecule has 2 rings (SSSR count). The summed E-state index contributed by atoms with van der Waals surface area (Å²) in [5.41, 5.74) is 0.544. The van der Waals surface area contributed by atoms with Crippen LogP contribution in [0.4, 0.5) is 4.39 Å². The van der Waals surface area contributed by atoms with E-state index in [0.717, 1.165) is 12.8 Å². The molecule has 2 amide bonds. The van der Waals surface area contributed by atoms with Crippen molar-refractivity contribution in [1.29, 1.82) is 0 Å². The first-order valence-corrected chi connectivity index (χ1v) is 8.89. The Morgan fingerprint density at radius 3 is 2.28 bits per heavy atom. The molecule has 1 heterocycles. The third kappa shape index (κ3) is 4.71. The van der Waals surface area contributed by atoms with Crippen molar-refractivity contribution in [3.05, 3.63) is 29.6 Å². The lowest BCUT2D eigenvalue weighted by Gasteiger charge is -2.36. The molecule has 0 aliphatic carbocycles. The number of carbonyl (C=O) groups is 2. The molecule has 0 N–H and O–H groups in total. The van der Waals surface area contributed by atoms with E-state index in [1.807, 2.05) is 18.7 Å². The Kier molecular flexibility index (Phi) is 6.79. The third-order valence-corrected chi connectivity index (χ3v) is 4.86. The maximum atomic E-state index is 13.4. The van der Waals surface area contributed by atoms with Gasteiger partial charge in [0.1, 0.15) is 11.6 Å². The molecule has 1 aromatic carbocycles. The van der Waals surface area contributed by atoms with Crippen molar-refractivity contribution >= 4 is 11.8 Å². The van der Waals surface area contributed by atoms with Crippen LogP contribution in [0.2, 0.25) is 0 Å². The number of piperazine rings is 1. The van der Waals surface area contributed by atoms with Gasteiger partial charge < -0.3 is 14.5 Å². The van der Waals surface area contributed by atoms with Gasteiger partial charge in [-0.05, 0) is 31.0 Å². The average molecular weight is 350 g/mol. The summed E-state index contributed by atoms with van der Waals surface area (Å²) in [5.74, 6) is 0.308. The Labute approximate surface area is 148 Å². The zero-order chi connectivity index (χ0) is 18.4. The van der Waals surface area contributed by atoms with E-state index in [2.05, 4.69) is 0 Å². The number of carbonyl (C=O) groups excluding carboxylic acids is 2. The van der Waals surface area contributed by atoms with Crippen molar-refractivity contribution in [2.45, 2.75) is 33.1 Å². The highest BCUT2D eigenvalue weighted by Crippen LogP contribution is 2.21. The van der Waals surface area contributed by atoms with Crippen LogP contribution in [0.1, 0.15) is 32.3 Å². The number of hydrogen-bond acceptors (Lipinski definition) is 3. The number of ether oxygens (including phenoxy) is 1. The molecular weight excluding hydrogens is 323 g/mol. The van der Waals surface area contributed by atoms with Gasteiger partial charge in [-0.25, -0.2) is 4.39 Å². The van der Waals surface area contributed by atoms with Gasteiger partial charge in [0.2, 0.25) is 11.8 Å². The molecule has 1 fully saturated rings.